The lowest BCUT2D eigenvalue weighted by atomic mass is 9.75. The summed E-state index contributed by atoms with van der Waals surface area (Å²) in [5.74, 6) is 6.26. The van der Waals surface area contributed by atoms with Crippen LogP contribution in [0.4, 0.5) is 0 Å². The molecule has 0 aliphatic heterocycles. The molecule has 7 saturated carbocycles. The normalized spacial score (nSPS) is 23.5. The molecule has 0 aromatic heterocycles. The fourth-order valence-electron chi connectivity index (χ4n) is 10.6. The molecule has 66 heavy (non-hydrogen) atoms. The van der Waals surface area contributed by atoms with Crippen molar-refractivity contribution < 1.29 is 0 Å². The van der Waals surface area contributed by atoms with E-state index >= 15 is 0 Å². The number of rotatable bonds is 1. The lowest BCUT2D eigenvalue weighted by Gasteiger charge is -2.31. The second-order valence-corrected chi connectivity index (χ2v) is 21.1. The molecule has 0 N–H and O–H groups in total. The molecule has 7 aliphatic rings. The zero-order valence-corrected chi connectivity index (χ0v) is 47.3. The van der Waals surface area contributed by atoms with Crippen molar-refractivity contribution in [3.8, 4) is 0 Å². The van der Waals surface area contributed by atoms with Crippen molar-refractivity contribution in [1.29, 1.82) is 0 Å². The molecule has 408 valence electrons. The maximum Gasteiger partial charge on any atom is -0.0386 e. The first-order chi connectivity index (χ1) is 31.0. The van der Waals surface area contributed by atoms with E-state index in [9.17, 15) is 0 Å². The van der Waals surface area contributed by atoms with Crippen molar-refractivity contribution in [2.24, 2.45) is 35.5 Å². The molecule has 0 nitrogen and oxygen atoms in total. The molecule has 0 amide bonds. The Morgan fingerprint density at radius 2 is 0.258 bits per heavy atom. The number of hydrogen-bond acceptors (Lipinski definition) is 0. The van der Waals surface area contributed by atoms with Gasteiger partial charge >= 0.3 is 0 Å². The standard InChI is InChI=1S/C17H32.3C9H18.C8H16.C3H6.4C2H6.3CH4/c1-15-9-7-13-17(14-8-10-15)16-11-5-3-2-4-6-12-16;3*1-9-7-5-3-2-4-6-8-9;1-2-4-6-8-7-5-3-1;1-2-3-1;4*1-2;;;/h15-17H,2-14H2,1H3;3*9H,2-8H2,1H3;1-8H2;1-3H2;4*1-2H3;3*1H4. The summed E-state index contributed by atoms with van der Waals surface area (Å²) in [7, 11) is 0. The molecule has 0 aromatic carbocycles. The fourth-order valence-corrected chi connectivity index (χ4v) is 10.6. The predicted octanol–water partition coefficient (Wildman–Crippen LogP) is 26.4. The van der Waals surface area contributed by atoms with Gasteiger partial charge in [0.25, 0.3) is 0 Å². The molecule has 7 aliphatic carbocycles. The van der Waals surface area contributed by atoms with E-state index in [1.165, 1.54) is 263 Å². The van der Waals surface area contributed by atoms with Gasteiger partial charge in [-0.05, 0) is 35.5 Å². The minimum atomic E-state index is 0. The van der Waals surface area contributed by atoms with Gasteiger partial charge in [0.2, 0.25) is 0 Å². The van der Waals surface area contributed by atoms with Gasteiger partial charge in [-0.3, -0.25) is 0 Å². The van der Waals surface area contributed by atoms with Gasteiger partial charge < -0.3 is 0 Å². The van der Waals surface area contributed by atoms with Crippen LogP contribution in [0.1, 0.15) is 394 Å². The summed E-state index contributed by atoms with van der Waals surface area (Å²) in [6.45, 7) is 25.6. The zero-order chi connectivity index (χ0) is 47.3. The summed E-state index contributed by atoms with van der Waals surface area (Å²) in [6.07, 6.45) is 67.6. The first-order valence-corrected chi connectivity index (χ1v) is 31.0. The first-order valence-electron chi connectivity index (χ1n) is 31.0. The van der Waals surface area contributed by atoms with Crippen LogP contribution in [-0.4, -0.2) is 0 Å². The van der Waals surface area contributed by atoms with Gasteiger partial charge in [0.1, 0.15) is 0 Å². The van der Waals surface area contributed by atoms with E-state index in [0.717, 1.165) is 35.5 Å². The Morgan fingerprint density at radius 3 is 0.424 bits per heavy atom. The van der Waals surface area contributed by atoms with Crippen LogP contribution in [0.15, 0.2) is 0 Å². The Hall–Kier alpha value is 0. The summed E-state index contributed by atoms with van der Waals surface area (Å²) in [5.41, 5.74) is 0. The fraction of sp³-hybridized carbons (Fsp3) is 1.00. The van der Waals surface area contributed by atoms with E-state index < -0.39 is 0 Å². The van der Waals surface area contributed by atoms with E-state index in [0.29, 0.717) is 0 Å². The number of hydrogen-bond donors (Lipinski definition) is 0. The van der Waals surface area contributed by atoms with Crippen LogP contribution < -0.4 is 0 Å². The zero-order valence-electron chi connectivity index (χ0n) is 47.3. The molecule has 0 aromatic rings. The van der Waals surface area contributed by atoms with Crippen LogP contribution in [0.2, 0.25) is 0 Å². The molecule has 0 saturated heterocycles. The van der Waals surface area contributed by atoms with Crippen LogP contribution in [0.5, 0.6) is 0 Å². The molecule has 0 spiro atoms. The quantitative estimate of drug-likeness (QED) is 0.246. The van der Waals surface area contributed by atoms with Crippen LogP contribution in [0.25, 0.3) is 0 Å². The summed E-state index contributed by atoms with van der Waals surface area (Å²) >= 11 is 0. The molecule has 0 radical (unpaired) electrons. The minimum Gasteiger partial charge on any atom is -0.0776 e. The van der Waals surface area contributed by atoms with E-state index in [-0.39, 0.29) is 22.3 Å². The van der Waals surface area contributed by atoms with Crippen molar-refractivity contribution in [3.63, 3.8) is 0 Å². The molecule has 0 bridgehead atoms. The molecule has 7 fully saturated rings. The SMILES string of the molecule is C.C.C.C1CC1.C1CCCCCCC1.CC.CC.CC.CC.CC1CCCC(C2CCCCCCC2)CCC1.CC1CCCCCCC1.CC1CCCCCCC1.CC1CCCCCCC1. The molecular weight excluding hydrogens is 793 g/mol. The van der Waals surface area contributed by atoms with Crippen molar-refractivity contribution in [2.75, 3.05) is 0 Å². The smallest absolute Gasteiger partial charge is 0.0386 e. The third kappa shape index (κ3) is 60.1. The van der Waals surface area contributed by atoms with Gasteiger partial charge in [0.05, 0.1) is 0 Å². The van der Waals surface area contributed by atoms with Gasteiger partial charge in [-0.2, -0.15) is 0 Å². The van der Waals surface area contributed by atoms with E-state index in [1.807, 2.05) is 55.4 Å². The van der Waals surface area contributed by atoms with Crippen molar-refractivity contribution >= 4 is 0 Å². The molecular formula is C66H144. The van der Waals surface area contributed by atoms with E-state index in [1.54, 1.807) is 25.7 Å². The Bertz CT molecular complexity index is 635. The van der Waals surface area contributed by atoms with Gasteiger partial charge in [0.15, 0.2) is 0 Å². The van der Waals surface area contributed by atoms with Gasteiger partial charge in [-0.15, -0.1) is 0 Å². The molecule has 0 heteroatoms. The molecule has 0 atom stereocenters. The molecule has 0 heterocycles. The second-order valence-electron chi connectivity index (χ2n) is 21.1. The lowest BCUT2D eigenvalue weighted by molar-refractivity contribution is 0.210. The van der Waals surface area contributed by atoms with Crippen LogP contribution in [0, 0.1) is 35.5 Å². The summed E-state index contributed by atoms with van der Waals surface area (Å²) in [6, 6.07) is 0. The maximum atomic E-state index is 2.45. The van der Waals surface area contributed by atoms with Crippen molar-refractivity contribution in [1.82, 2.24) is 0 Å². The monoisotopic (exact) mass is 937 g/mol. The van der Waals surface area contributed by atoms with Gasteiger partial charge in [0, 0.05) is 0 Å². The average Bonchev–Trinajstić information content (AvgIpc) is 4.15. The highest BCUT2D eigenvalue weighted by molar-refractivity contribution is 4.75. The predicted molar refractivity (Wildman–Crippen MR) is 317 cm³/mol. The molecule has 7 rings (SSSR count). The van der Waals surface area contributed by atoms with Crippen LogP contribution in [-0.2, 0) is 0 Å². The van der Waals surface area contributed by atoms with Crippen LogP contribution >= 0.6 is 0 Å². The van der Waals surface area contributed by atoms with Gasteiger partial charge in [-0.1, -0.05) is 394 Å². The summed E-state index contributed by atoms with van der Waals surface area (Å²) in [4.78, 5) is 0. The maximum absolute atomic E-state index is 2.45. The highest BCUT2D eigenvalue weighted by Crippen LogP contribution is 2.37. The topological polar surface area (TPSA) is 0 Å². The first kappa shape index (κ1) is 77.5. The molecule has 0 unspecified atom stereocenters. The highest BCUT2D eigenvalue weighted by atomic mass is 14.3. The van der Waals surface area contributed by atoms with Crippen molar-refractivity contribution in [3.05, 3.63) is 0 Å². The Labute approximate surface area is 427 Å². The Morgan fingerprint density at radius 1 is 0.152 bits per heavy atom. The lowest BCUT2D eigenvalue weighted by Crippen LogP contribution is -2.18. The highest BCUT2D eigenvalue weighted by Gasteiger charge is 2.23. The minimum absolute atomic E-state index is 0. The third-order valence-corrected chi connectivity index (χ3v) is 14.9. The largest absolute Gasteiger partial charge is 0.0776 e. The Kier molecular flexibility index (Phi) is 78.7. The summed E-state index contributed by atoms with van der Waals surface area (Å²) < 4.78 is 0. The average molecular weight is 938 g/mol. The van der Waals surface area contributed by atoms with Crippen molar-refractivity contribution in [2.45, 2.75) is 394 Å². The Balaban J connectivity index is -0.000000163. The van der Waals surface area contributed by atoms with Gasteiger partial charge in [-0.25, -0.2) is 0 Å². The van der Waals surface area contributed by atoms with Crippen LogP contribution in [0.3, 0.4) is 0 Å². The third-order valence-electron chi connectivity index (χ3n) is 14.9. The second kappa shape index (κ2) is 67.1. The van der Waals surface area contributed by atoms with E-state index in [4.69, 9.17) is 0 Å². The summed E-state index contributed by atoms with van der Waals surface area (Å²) in [5, 5.41) is 0. The van der Waals surface area contributed by atoms with E-state index in [2.05, 4.69) is 27.7 Å².